The van der Waals surface area contributed by atoms with Crippen LogP contribution in [-0.4, -0.2) is 40.3 Å². The molecule has 0 aliphatic rings. The van der Waals surface area contributed by atoms with Gasteiger partial charge in [0.1, 0.15) is 5.70 Å². The SMILES string of the molecule is COc1ccc(/C=C(/NC(=O)Cc2ccc(OC)c(OC)c2)C(=O)NCc2ccccc2)cc1OC. The fraction of sp³-hybridized carbons (Fsp3) is 0.214. The molecule has 0 aromatic heterocycles. The molecule has 0 heterocycles. The summed E-state index contributed by atoms with van der Waals surface area (Å²) in [5, 5.41) is 5.61. The largest absolute Gasteiger partial charge is 0.493 e. The molecule has 0 fully saturated rings. The van der Waals surface area contributed by atoms with Crippen molar-refractivity contribution < 1.29 is 28.5 Å². The zero-order chi connectivity index (χ0) is 25.9. The van der Waals surface area contributed by atoms with Crippen molar-refractivity contribution in [3.8, 4) is 23.0 Å². The lowest BCUT2D eigenvalue weighted by molar-refractivity contribution is -0.123. The molecule has 0 aliphatic carbocycles. The molecule has 3 rings (SSSR count). The molecule has 3 aromatic rings. The number of carbonyl (C=O) groups is 2. The van der Waals surface area contributed by atoms with Crippen LogP contribution in [0.5, 0.6) is 23.0 Å². The Bertz CT molecular complexity index is 1220. The molecule has 188 valence electrons. The molecule has 36 heavy (non-hydrogen) atoms. The molecule has 8 heteroatoms. The molecule has 3 aromatic carbocycles. The summed E-state index contributed by atoms with van der Waals surface area (Å²) < 4.78 is 21.2. The van der Waals surface area contributed by atoms with Crippen molar-refractivity contribution in [2.45, 2.75) is 13.0 Å². The van der Waals surface area contributed by atoms with Crippen LogP contribution >= 0.6 is 0 Å². The third kappa shape index (κ3) is 7.02. The summed E-state index contributed by atoms with van der Waals surface area (Å²) in [7, 11) is 6.15. The van der Waals surface area contributed by atoms with Crippen molar-refractivity contribution in [3.63, 3.8) is 0 Å². The molecule has 0 aliphatic heterocycles. The van der Waals surface area contributed by atoms with Gasteiger partial charge in [0, 0.05) is 6.54 Å². The standard InChI is InChI=1S/C28H30N2O6/c1-33-23-12-10-20(15-25(23)35-3)14-22(28(32)29-18-19-8-6-5-7-9-19)30-27(31)17-21-11-13-24(34-2)26(16-21)36-4/h5-16H,17-18H2,1-4H3,(H,29,32)(H,30,31)/b22-14+. The van der Waals surface area contributed by atoms with E-state index in [1.54, 1.807) is 56.7 Å². The van der Waals surface area contributed by atoms with E-state index in [4.69, 9.17) is 18.9 Å². The van der Waals surface area contributed by atoms with Gasteiger partial charge >= 0.3 is 0 Å². The average molecular weight is 491 g/mol. The van der Waals surface area contributed by atoms with E-state index in [0.29, 0.717) is 40.7 Å². The Morgan fingerprint density at radius 3 is 1.97 bits per heavy atom. The lowest BCUT2D eigenvalue weighted by atomic mass is 10.1. The van der Waals surface area contributed by atoms with Gasteiger partial charge in [0.2, 0.25) is 5.91 Å². The van der Waals surface area contributed by atoms with E-state index in [0.717, 1.165) is 5.56 Å². The van der Waals surface area contributed by atoms with Gasteiger partial charge < -0.3 is 29.6 Å². The highest BCUT2D eigenvalue weighted by molar-refractivity contribution is 6.01. The van der Waals surface area contributed by atoms with E-state index in [-0.39, 0.29) is 18.0 Å². The summed E-state index contributed by atoms with van der Waals surface area (Å²) in [5.74, 6) is 1.37. The number of hydrogen-bond acceptors (Lipinski definition) is 6. The molecule has 0 bridgehead atoms. The number of rotatable bonds is 11. The Morgan fingerprint density at radius 1 is 0.722 bits per heavy atom. The van der Waals surface area contributed by atoms with Crippen LogP contribution in [0, 0.1) is 0 Å². The van der Waals surface area contributed by atoms with Crippen molar-refractivity contribution in [2.75, 3.05) is 28.4 Å². The fourth-order valence-electron chi connectivity index (χ4n) is 3.51. The highest BCUT2D eigenvalue weighted by atomic mass is 16.5. The number of hydrogen-bond donors (Lipinski definition) is 2. The van der Waals surface area contributed by atoms with Crippen LogP contribution in [0.4, 0.5) is 0 Å². The van der Waals surface area contributed by atoms with Gasteiger partial charge in [0.25, 0.3) is 5.91 Å². The van der Waals surface area contributed by atoms with E-state index in [9.17, 15) is 9.59 Å². The van der Waals surface area contributed by atoms with Crippen LogP contribution in [-0.2, 0) is 22.6 Å². The number of carbonyl (C=O) groups excluding carboxylic acids is 2. The molecule has 0 unspecified atom stereocenters. The number of nitrogens with one attached hydrogen (secondary N) is 2. The van der Waals surface area contributed by atoms with Gasteiger partial charge in [-0.25, -0.2) is 0 Å². The number of methoxy groups -OCH3 is 4. The first-order chi connectivity index (χ1) is 17.5. The normalized spacial score (nSPS) is 10.8. The zero-order valence-electron chi connectivity index (χ0n) is 20.8. The maximum Gasteiger partial charge on any atom is 0.268 e. The minimum Gasteiger partial charge on any atom is -0.493 e. The predicted octanol–water partition coefficient (Wildman–Crippen LogP) is 3.74. The zero-order valence-corrected chi connectivity index (χ0v) is 20.8. The maximum absolute atomic E-state index is 13.1. The van der Waals surface area contributed by atoms with Gasteiger partial charge in [-0.1, -0.05) is 42.5 Å². The molecule has 0 radical (unpaired) electrons. The van der Waals surface area contributed by atoms with Gasteiger partial charge in [-0.2, -0.15) is 0 Å². The summed E-state index contributed by atoms with van der Waals surface area (Å²) in [6, 6.07) is 20.0. The Morgan fingerprint density at radius 2 is 1.33 bits per heavy atom. The van der Waals surface area contributed by atoms with Gasteiger partial charge in [0.05, 0.1) is 34.9 Å². The second-order valence-corrected chi connectivity index (χ2v) is 7.75. The minimum absolute atomic E-state index is 0.0373. The van der Waals surface area contributed by atoms with Crippen LogP contribution in [0.2, 0.25) is 0 Å². The van der Waals surface area contributed by atoms with Gasteiger partial charge in [-0.15, -0.1) is 0 Å². The third-order valence-electron chi connectivity index (χ3n) is 5.35. The number of ether oxygens (including phenoxy) is 4. The Balaban J connectivity index is 1.83. The Hall–Kier alpha value is -4.46. The van der Waals surface area contributed by atoms with Gasteiger partial charge in [0.15, 0.2) is 23.0 Å². The maximum atomic E-state index is 13.1. The van der Waals surface area contributed by atoms with Crippen molar-refractivity contribution in [2.24, 2.45) is 0 Å². The summed E-state index contributed by atoms with van der Waals surface area (Å²) in [4.78, 5) is 26.0. The van der Waals surface area contributed by atoms with Crippen LogP contribution in [0.1, 0.15) is 16.7 Å². The smallest absolute Gasteiger partial charge is 0.268 e. The molecule has 0 atom stereocenters. The lowest BCUT2D eigenvalue weighted by Crippen LogP contribution is -2.35. The molecule has 0 spiro atoms. The molecule has 2 amide bonds. The van der Waals surface area contributed by atoms with Crippen LogP contribution in [0.15, 0.2) is 72.4 Å². The van der Waals surface area contributed by atoms with E-state index in [1.807, 2.05) is 30.3 Å². The summed E-state index contributed by atoms with van der Waals surface area (Å²) in [5.41, 5.74) is 2.40. The van der Waals surface area contributed by atoms with Crippen molar-refractivity contribution in [3.05, 3.63) is 89.1 Å². The quantitative estimate of drug-likeness (QED) is 0.398. The van der Waals surface area contributed by atoms with E-state index >= 15 is 0 Å². The molecular formula is C28H30N2O6. The fourth-order valence-corrected chi connectivity index (χ4v) is 3.51. The van der Waals surface area contributed by atoms with Gasteiger partial charge in [-0.3, -0.25) is 9.59 Å². The molecule has 8 nitrogen and oxygen atoms in total. The highest BCUT2D eigenvalue weighted by Gasteiger charge is 2.16. The third-order valence-corrected chi connectivity index (χ3v) is 5.35. The second-order valence-electron chi connectivity index (χ2n) is 7.75. The Labute approximate surface area is 210 Å². The van der Waals surface area contributed by atoms with Crippen LogP contribution < -0.4 is 29.6 Å². The second kappa shape index (κ2) is 12.9. The minimum atomic E-state index is -0.422. The topological polar surface area (TPSA) is 95.1 Å². The summed E-state index contributed by atoms with van der Waals surface area (Å²) in [6.07, 6.45) is 1.63. The van der Waals surface area contributed by atoms with Crippen molar-refractivity contribution in [1.82, 2.24) is 10.6 Å². The molecular weight excluding hydrogens is 460 g/mol. The summed E-state index contributed by atoms with van der Waals surface area (Å²) in [6.45, 7) is 0.314. The predicted molar refractivity (Wildman–Crippen MR) is 137 cm³/mol. The first-order valence-electron chi connectivity index (χ1n) is 11.2. The Kier molecular flexibility index (Phi) is 9.33. The van der Waals surface area contributed by atoms with Crippen molar-refractivity contribution >= 4 is 17.9 Å². The van der Waals surface area contributed by atoms with Gasteiger partial charge in [-0.05, 0) is 47.0 Å². The van der Waals surface area contributed by atoms with E-state index in [1.165, 1.54) is 14.2 Å². The average Bonchev–Trinajstić information content (AvgIpc) is 2.91. The first kappa shape index (κ1) is 26.2. The first-order valence-corrected chi connectivity index (χ1v) is 11.2. The molecule has 2 N–H and O–H groups in total. The van der Waals surface area contributed by atoms with Crippen molar-refractivity contribution in [1.29, 1.82) is 0 Å². The molecule has 0 saturated carbocycles. The number of amides is 2. The lowest BCUT2D eigenvalue weighted by Gasteiger charge is -2.13. The highest BCUT2D eigenvalue weighted by Crippen LogP contribution is 2.29. The van der Waals surface area contributed by atoms with E-state index in [2.05, 4.69) is 10.6 Å². The van der Waals surface area contributed by atoms with Crippen LogP contribution in [0.25, 0.3) is 6.08 Å². The number of benzene rings is 3. The van der Waals surface area contributed by atoms with E-state index < -0.39 is 5.91 Å². The summed E-state index contributed by atoms with van der Waals surface area (Å²) >= 11 is 0. The van der Waals surface area contributed by atoms with Crippen LogP contribution in [0.3, 0.4) is 0 Å². The molecule has 0 saturated heterocycles. The monoisotopic (exact) mass is 490 g/mol.